The van der Waals surface area contributed by atoms with E-state index in [1.165, 1.54) is 29.4 Å². The number of hydrogen-bond acceptors (Lipinski definition) is 5. The Kier molecular flexibility index (Phi) is 4.14. The molecule has 1 N–H and O–H groups in total. The molecule has 1 aromatic heterocycles. The fourth-order valence-electron chi connectivity index (χ4n) is 2.98. The van der Waals surface area contributed by atoms with E-state index in [4.69, 9.17) is 0 Å². The van der Waals surface area contributed by atoms with Gasteiger partial charge in [-0.15, -0.1) is 0 Å². The van der Waals surface area contributed by atoms with E-state index >= 15 is 0 Å². The molecule has 0 bridgehead atoms. The fraction of sp³-hybridized carbons (Fsp3) is 0.353. The van der Waals surface area contributed by atoms with Crippen LogP contribution < -0.4 is 10.2 Å². The molecule has 0 spiro atoms. The number of nitrogens with one attached hydrogen (secondary N) is 1. The van der Waals surface area contributed by atoms with E-state index in [1.54, 1.807) is 13.0 Å². The van der Waals surface area contributed by atoms with Gasteiger partial charge in [-0.25, -0.2) is 4.98 Å². The number of hydrogen-bond donors (Lipinski definition) is 1. The molecule has 0 fully saturated rings. The zero-order valence-corrected chi connectivity index (χ0v) is 13.4. The van der Waals surface area contributed by atoms with Crippen molar-refractivity contribution in [3.05, 3.63) is 57.3 Å². The van der Waals surface area contributed by atoms with Gasteiger partial charge < -0.3 is 10.2 Å². The summed E-state index contributed by atoms with van der Waals surface area (Å²) in [7, 11) is 2.12. The van der Waals surface area contributed by atoms with Crippen molar-refractivity contribution in [2.24, 2.45) is 0 Å². The molecule has 2 heterocycles. The van der Waals surface area contributed by atoms with Crippen molar-refractivity contribution in [3.8, 4) is 0 Å². The van der Waals surface area contributed by atoms with Crippen LogP contribution in [0.4, 0.5) is 17.2 Å². The molecule has 0 atom stereocenters. The fourth-order valence-corrected chi connectivity index (χ4v) is 2.98. The monoisotopic (exact) mass is 312 g/mol. The molecule has 6 nitrogen and oxygen atoms in total. The number of aryl methyl sites for hydroxylation is 2. The number of benzene rings is 1. The molecule has 1 aliphatic rings. The topological polar surface area (TPSA) is 71.3 Å². The number of nitrogens with zero attached hydrogens (tertiary/aromatic N) is 3. The van der Waals surface area contributed by atoms with E-state index in [2.05, 4.69) is 40.4 Å². The average Bonchev–Trinajstić information content (AvgIpc) is 2.53. The highest BCUT2D eigenvalue weighted by Gasteiger charge is 2.14. The molecule has 0 saturated carbocycles. The zero-order valence-electron chi connectivity index (χ0n) is 13.4. The van der Waals surface area contributed by atoms with Crippen LogP contribution >= 0.6 is 0 Å². The van der Waals surface area contributed by atoms with Crippen LogP contribution in [0.5, 0.6) is 0 Å². The minimum Gasteiger partial charge on any atom is -0.374 e. The van der Waals surface area contributed by atoms with Crippen molar-refractivity contribution < 1.29 is 4.92 Å². The van der Waals surface area contributed by atoms with E-state index in [0.717, 1.165) is 13.0 Å². The summed E-state index contributed by atoms with van der Waals surface area (Å²) < 4.78 is 0. The minimum absolute atomic E-state index is 0.0485. The first-order chi connectivity index (χ1) is 11.0. The molecule has 1 aromatic carbocycles. The van der Waals surface area contributed by atoms with Gasteiger partial charge in [0.25, 0.3) is 5.69 Å². The van der Waals surface area contributed by atoms with E-state index in [-0.39, 0.29) is 5.69 Å². The van der Waals surface area contributed by atoms with Crippen LogP contribution in [0.2, 0.25) is 0 Å². The van der Waals surface area contributed by atoms with Gasteiger partial charge in [0.1, 0.15) is 12.0 Å². The third-order valence-electron chi connectivity index (χ3n) is 4.25. The lowest BCUT2D eigenvalue weighted by Gasteiger charge is -2.27. The normalized spacial score (nSPS) is 13.6. The van der Waals surface area contributed by atoms with E-state index < -0.39 is 4.92 Å². The maximum Gasteiger partial charge on any atom is 0.290 e. The molecule has 120 valence electrons. The molecule has 0 amide bonds. The second-order valence-electron chi connectivity index (χ2n) is 5.95. The predicted octanol–water partition coefficient (Wildman–Crippen LogP) is 3.29. The van der Waals surface area contributed by atoms with E-state index in [9.17, 15) is 10.1 Å². The highest BCUT2D eigenvalue weighted by atomic mass is 16.6. The predicted molar refractivity (Wildman–Crippen MR) is 91.0 cm³/mol. The Morgan fingerprint density at radius 1 is 1.39 bits per heavy atom. The molecule has 6 heteroatoms. The lowest BCUT2D eigenvalue weighted by molar-refractivity contribution is -0.385. The highest BCUT2D eigenvalue weighted by Crippen LogP contribution is 2.27. The second kappa shape index (κ2) is 6.24. The van der Waals surface area contributed by atoms with Crippen molar-refractivity contribution in [2.45, 2.75) is 26.3 Å². The van der Waals surface area contributed by atoms with Crippen molar-refractivity contribution >= 4 is 17.2 Å². The maximum atomic E-state index is 10.8. The number of pyridine rings is 1. The standard InChI is InChI=1S/C17H20N4O2/c1-12-8-17(19-11-16(12)21(22)23)18-10-13-5-6-15-14(9-13)4-3-7-20(15)2/h5-6,8-9,11H,3-4,7,10H2,1-2H3,(H,18,19). The van der Waals surface area contributed by atoms with Gasteiger partial charge in [0.2, 0.25) is 0 Å². The van der Waals surface area contributed by atoms with Crippen LogP contribution in [0.1, 0.15) is 23.1 Å². The van der Waals surface area contributed by atoms with Crippen molar-refractivity contribution in [1.29, 1.82) is 0 Å². The molecule has 0 saturated heterocycles. The van der Waals surface area contributed by atoms with Gasteiger partial charge in [0, 0.05) is 31.4 Å². The van der Waals surface area contributed by atoms with Gasteiger partial charge >= 0.3 is 0 Å². The van der Waals surface area contributed by atoms with Gasteiger partial charge in [0.15, 0.2) is 0 Å². The second-order valence-corrected chi connectivity index (χ2v) is 5.95. The minimum atomic E-state index is -0.411. The lowest BCUT2D eigenvalue weighted by Crippen LogP contribution is -2.24. The summed E-state index contributed by atoms with van der Waals surface area (Å²) in [6.45, 7) is 3.48. The number of aromatic nitrogens is 1. The lowest BCUT2D eigenvalue weighted by atomic mass is 9.99. The van der Waals surface area contributed by atoms with E-state index in [0.29, 0.717) is 17.9 Å². The largest absolute Gasteiger partial charge is 0.374 e. The molecule has 23 heavy (non-hydrogen) atoms. The molecule has 3 rings (SSSR count). The SMILES string of the molecule is Cc1cc(NCc2ccc3c(c2)CCCN3C)ncc1[N+](=O)[O-]. The molecular weight excluding hydrogens is 292 g/mol. The number of rotatable bonds is 4. The number of anilines is 2. The summed E-state index contributed by atoms with van der Waals surface area (Å²) in [6, 6.07) is 8.23. The third kappa shape index (κ3) is 3.26. The summed E-state index contributed by atoms with van der Waals surface area (Å²) in [6.07, 6.45) is 3.60. The van der Waals surface area contributed by atoms with Crippen LogP contribution in [0.25, 0.3) is 0 Å². The summed E-state index contributed by atoms with van der Waals surface area (Å²) in [5, 5.41) is 14.1. The average molecular weight is 312 g/mol. The number of fused-ring (bicyclic) bond motifs is 1. The Bertz CT molecular complexity index is 745. The van der Waals surface area contributed by atoms with Crippen LogP contribution in [0.15, 0.2) is 30.5 Å². The van der Waals surface area contributed by atoms with Crippen LogP contribution in [0, 0.1) is 17.0 Å². The zero-order chi connectivity index (χ0) is 16.4. The van der Waals surface area contributed by atoms with Crippen LogP contribution in [-0.4, -0.2) is 23.5 Å². The molecule has 0 aliphatic carbocycles. The first kappa shape index (κ1) is 15.3. The van der Waals surface area contributed by atoms with Gasteiger partial charge in [-0.2, -0.15) is 0 Å². The first-order valence-corrected chi connectivity index (χ1v) is 7.72. The molecular formula is C17H20N4O2. The van der Waals surface area contributed by atoms with E-state index in [1.807, 2.05) is 0 Å². The van der Waals surface area contributed by atoms with Gasteiger partial charge in [-0.05, 0) is 43.0 Å². The van der Waals surface area contributed by atoms with Gasteiger partial charge in [0.05, 0.1) is 4.92 Å². The van der Waals surface area contributed by atoms with Crippen molar-refractivity contribution in [1.82, 2.24) is 4.98 Å². The van der Waals surface area contributed by atoms with Crippen LogP contribution in [-0.2, 0) is 13.0 Å². The Morgan fingerprint density at radius 3 is 2.96 bits per heavy atom. The van der Waals surface area contributed by atoms with Crippen molar-refractivity contribution in [3.63, 3.8) is 0 Å². The summed E-state index contributed by atoms with van der Waals surface area (Å²) >= 11 is 0. The quantitative estimate of drug-likeness (QED) is 0.693. The summed E-state index contributed by atoms with van der Waals surface area (Å²) in [5.74, 6) is 0.655. The number of nitro groups is 1. The first-order valence-electron chi connectivity index (χ1n) is 7.72. The molecule has 2 aromatic rings. The Balaban J connectivity index is 1.71. The highest BCUT2D eigenvalue weighted by molar-refractivity contribution is 5.56. The maximum absolute atomic E-state index is 10.8. The Labute approximate surface area is 135 Å². The molecule has 0 radical (unpaired) electrons. The Morgan fingerprint density at radius 2 is 2.22 bits per heavy atom. The van der Waals surface area contributed by atoms with Crippen molar-refractivity contribution in [2.75, 3.05) is 23.8 Å². The Hall–Kier alpha value is -2.63. The summed E-state index contributed by atoms with van der Waals surface area (Å²) in [5.41, 5.74) is 4.54. The smallest absolute Gasteiger partial charge is 0.290 e. The molecule has 1 aliphatic heterocycles. The third-order valence-corrected chi connectivity index (χ3v) is 4.25. The van der Waals surface area contributed by atoms with Gasteiger partial charge in [-0.3, -0.25) is 10.1 Å². The molecule has 0 unspecified atom stereocenters. The summed E-state index contributed by atoms with van der Waals surface area (Å²) in [4.78, 5) is 16.8. The van der Waals surface area contributed by atoms with Crippen LogP contribution in [0.3, 0.4) is 0 Å². The van der Waals surface area contributed by atoms with Gasteiger partial charge in [-0.1, -0.05) is 12.1 Å².